The number of hydrogen-bond acceptors (Lipinski definition) is 1. The molecule has 0 amide bonds. The van der Waals surface area contributed by atoms with Crippen LogP contribution in [0.4, 0.5) is 4.39 Å². The average molecular weight is 272 g/mol. The third-order valence-corrected chi connectivity index (χ3v) is 3.42. The highest BCUT2D eigenvalue weighted by Crippen LogP contribution is 2.24. The predicted molar refractivity (Wildman–Crippen MR) is 76.7 cm³/mol. The van der Waals surface area contributed by atoms with Crippen molar-refractivity contribution in [2.45, 2.75) is 46.6 Å². The van der Waals surface area contributed by atoms with Crippen molar-refractivity contribution < 1.29 is 4.39 Å². The van der Waals surface area contributed by atoms with Crippen LogP contribution >= 0.6 is 11.6 Å². The summed E-state index contributed by atoms with van der Waals surface area (Å²) in [6, 6.07) is 5.40. The first-order chi connectivity index (χ1) is 8.34. The minimum Gasteiger partial charge on any atom is -0.313 e. The second-order valence-corrected chi connectivity index (χ2v) is 6.23. The molecule has 1 N–H and O–H groups in total. The van der Waals surface area contributed by atoms with Crippen LogP contribution in [0.1, 0.15) is 39.7 Å². The molecule has 0 aliphatic rings. The van der Waals surface area contributed by atoms with Gasteiger partial charge in [0, 0.05) is 6.04 Å². The van der Waals surface area contributed by atoms with E-state index in [2.05, 4.69) is 33.0 Å². The van der Waals surface area contributed by atoms with Gasteiger partial charge in [-0.15, -0.1) is 0 Å². The van der Waals surface area contributed by atoms with E-state index in [4.69, 9.17) is 11.6 Å². The van der Waals surface area contributed by atoms with Gasteiger partial charge in [-0.3, -0.25) is 0 Å². The predicted octanol–water partition coefficient (Wildman–Crippen LogP) is 4.44. The lowest BCUT2D eigenvalue weighted by atomic mass is 9.83. The lowest BCUT2D eigenvalue weighted by Gasteiger charge is -2.32. The molecule has 102 valence electrons. The Morgan fingerprint density at radius 1 is 1.33 bits per heavy atom. The van der Waals surface area contributed by atoms with E-state index >= 15 is 0 Å². The van der Waals surface area contributed by atoms with Gasteiger partial charge in [-0.25, -0.2) is 4.39 Å². The molecule has 0 spiro atoms. The molecule has 0 saturated heterocycles. The van der Waals surface area contributed by atoms with Crippen molar-refractivity contribution in [2.75, 3.05) is 6.54 Å². The quantitative estimate of drug-likeness (QED) is 0.835. The number of rotatable bonds is 5. The SMILES string of the molecule is CCCNC(Cc1ccc(Cl)c(F)c1)C(C)(C)C. The highest BCUT2D eigenvalue weighted by atomic mass is 35.5. The van der Waals surface area contributed by atoms with Crippen LogP contribution < -0.4 is 5.32 Å². The Morgan fingerprint density at radius 2 is 2.00 bits per heavy atom. The van der Waals surface area contributed by atoms with Crippen molar-refractivity contribution in [3.05, 3.63) is 34.6 Å². The fourth-order valence-corrected chi connectivity index (χ4v) is 2.02. The van der Waals surface area contributed by atoms with E-state index in [1.54, 1.807) is 6.07 Å². The van der Waals surface area contributed by atoms with Crippen LogP contribution in [-0.2, 0) is 6.42 Å². The largest absolute Gasteiger partial charge is 0.313 e. The highest BCUT2D eigenvalue weighted by Gasteiger charge is 2.24. The summed E-state index contributed by atoms with van der Waals surface area (Å²) in [6.07, 6.45) is 1.92. The maximum absolute atomic E-state index is 13.4. The van der Waals surface area contributed by atoms with Gasteiger partial charge in [0.2, 0.25) is 0 Å². The summed E-state index contributed by atoms with van der Waals surface area (Å²) >= 11 is 5.70. The van der Waals surface area contributed by atoms with E-state index in [1.165, 1.54) is 6.07 Å². The molecule has 0 radical (unpaired) electrons. The van der Waals surface area contributed by atoms with E-state index in [0.29, 0.717) is 6.04 Å². The standard InChI is InChI=1S/C15H23ClFN/c1-5-8-18-14(15(2,3)4)10-11-6-7-12(16)13(17)9-11/h6-7,9,14,18H,5,8,10H2,1-4H3. The topological polar surface area (TPSA) is 12.0 Å². The van der Waals surface area contributed by atoms with Crippen molar-refractivity contribution in [2.24, 2.45) is 5.41 Å². The van der Waals surface area contributed by atoms with Crippen LogP contribution in [-0.4, -0.2) is 12.6 Å². The molecule has 1 aromatic carbocycles. The summed E-state index contributed by atoms with van der Waals surface area (Å²) in [5.41, 5.74) is 1.13. The first kappa shape index (κ1) is 15.5. The summed E-state index contributed by atoms with van der Waals surface area (Å²) in [4.78, 5) is 0. The highest BCUT2D eigenvalue weighted by molar-refractivity contribution is 6.30. The third kappa shape index (κ3) is 4.58. The van der Waals surface area contributed by atoms with Gasteiger partial charge >= 0.3 is 0 Å². The number of nitrogens with one attached hydrogen (secondary N) is 1. The molecule has 1 aromatic rings. The van der Waals surface area contributed by atoms with E-state index in [0.717, 1.165) is 24.9 Å². The fourth-order valence-electron chi connectivity index (χ4n) is 1.91. The van der Waals surface area contributed by atoms with Gasteiger partial charge in [-0.2, -0.15) is 0 Å². The summed E-state index contributed by atoms with van der Waals surface area (Å²) in [6.45, 7) is 9.73. The van der Waals surface area contributed by atoms with Crippen LogP contribution in [0, 0.1) is 11.2 Å². The van der Waals surface area contributed by atoms with Crippen LogP contribution in [0.2, 0.25) is 5.02 Å². The van der Waals surface area contributed by atoms with Crippen LogP contribution in [0.15, 0.2) is 18.2 Å². The molecule has 18 heavy (non-hydrogen) atoms. The van der Waals surface area contributed by atoms with Gasteiger partial charge in [-0.05, 0) is 42.5 Å². The maximum atomic E-state index is 13.4. The summed E-state index contributed by atoms with van der Waals surface area (Å²) < 4.78 is 13.4. The average Bonchev–Trinajstić information content (AvgIpc) is 2.27. The van der Waals surface area contributed by atoms with E-state index in [1.807, 2.05) is 6.07 Å². The summed E-state index contributed by atoms with van der Waals surface area (Å²) in [5, 5.41) is 3.72. The monoisotopic (exact) mass is 271 g/mol. The van der Waals surface area contributed by atoms with Crippen LogP contribution in [0.25, 0.3) is 0 Å². The molecule has 1 unspecified atom stereocenters. The van der Waals surface area contributed by atoms with E-state index < -0.39 is 0 Å². The molecule has 1 nitrogen and oxygen atoms in total. The molecular weight excluding hydrogens is 249 g/mol. The maximum Gasteiger partial charge on any atom is 0.142 e. The molecule has 1 rings (SSSR count). The van der Waals surface area contributed by atoms with Gasteiger partial charge in [-0.1, -0.05) is 45.4 Å². The van der Waals surface area contributed by atoms with Crippen molar-refractivity contribution in [1.82, 2.24) is 5.32 Å². The molecule has 1 atom stereocenters. The van der Waals surface area contributed by atoms with Crippen LogP contribution in [0.3, 0.4) is 0 Å². The Morgan fingerprint density at radius 3 is 2.50 bits per heavy atom. The Balaban J connectivity index is 2.79. The van der Waals surface area contributed by atoms with Crippen LogP contribution in [0.5, 0.6) is 0 Å². The van der Waals surface area contributed by atoms with E-state index in [9.17, 15) is 4.39 Å². The lowest BCUT2D eigenvalue weighted by molar-refractivity contribution is 0.266. The number of benzene rings is 1. The minimum absolute atomic E-state index is 0.144. The zero-order valence-corrected chi connectivity index (χ0v) is 12.4. The summed E-state index contributed by atoms with van der Waals surface area (Å²) in [5.74, 6) is -0.336. The second-order valence-electron chi connectivity index (χ2n) is 5.83. The molecule has 0 aliphatic heterocycles. The van der Waals surface area contributed by atoms with Gasteiger partial charge < -0.3 is 5.32 Å². The van der Waals surface area contributed by atoms with Crippen molar-refractivity contribution in [3.8, 4) is 0 Å². The molecule has 0 aliphatic carbocycles. The Bertz CT molecular complexity index is 385. The molecule has 0 saturated carbocycles. The summed E-state index contributed by atoms with van der Waals surface area (Å²) in [7, 11) is 0. The zero-order chi connectivity index (χ0) is 13.8. The number of hydrogen-bond donors (Lipinski definition) is 1. The Hall–Kier alpha value is -0.600. The molecule has 0 fully saturated rings. The van der Waals surface area contributed by atoms with Gasteiger partial charge in [0.15, 0.2) is 0 Å². The normalized spacial score (nSPS) is 13.7. The smallest absolute Gasteiger partial charge is 0.142 e. The fraction of sp³-hybridized carbons (Fsp3) is 0.600. The van der Waals surface area contributed by atoms with Crippen molar-refractivity contribution in [3.63, 3.8) is 0 Å². The van der Waals surface area contributed by atoms with Gasteiger partial charge in [0.1, 0.15) is 5.82 Å². The minimum atomic E-state index is -0.336. The number of halogens is 2. The van der Waals surface area contributed by atoms with Gasteiger partial charge in [0.25, 0.3) is 0 Å². The molecule has 0 heterocycles. The molecule has 3 heteroatoms. The first-order valence-corrected chi connectivity index (χ1v) is 6.89. The molecule has 0 bridgehead atoms. The lowest BCUT2D eigenvalue weighted by Crippen LogP contribution is -2.42. The third-order valence-electron chi connectivity index (χ3n) is 3.11. The zero-order valence-electron chi connectivity index (χ0n) is 11.7. The van der Waals surface area contributed by atoms with Crippen molar-refractivity contribution in [1.29, 1.82) is 0 Å². The molecular formula is C15H23ClFN. The molecule has 0 aromatic heterocycles. The first-order valence-electron chi connectivity index (χ1n) is 6.52. The van der Waals surface area contributed by atoms with Crippen molar-refractivity contribution >= 4 is 11.6 Å². The van der Waals surface area contributed by atoms with Gasteiger partial charge in [0.05, 0.1) is 5.02 Å². The second kappa shape index (κ2) is 6.53. The Labute approximate surface area is 115 Å². The Kier molecular flexibility index (Phi) is 5.61. The van der Waals surface area contributed by atoms with E-state index in [-0.39, 0.29) is 16.3 Å².